The molecule has 3 nitrogen and oxygen atoms in total. The Morgan fingerprint density at radius 1 is 1.21 bits per heavy atom. The molecule has 0 spiro atoms. The zero-order valence-corrected chi connectivity index (χ0v) is 12.1. The van der Waals surface area contributed by atoms with Gasteiger partial charge in [0.15, 0.2) is 0 Å². The van der Waals surface area contributed by atoms with Crippen LogP contribution in [0.3, 0.4) is 0 Å². The number of benzene rings is 1. The van der Waals surface area contributed by atoms with Crippen LogP contribution >= 0.6 is 0 Å². The van der Waals surface area contributed by atoms with E-state index in [4.69, 9.17) is 0 Å². The molecule has 0 aromatic heterocycles. The van der Waals surface area contributed by atoms with Crippen molar-refractivity contribution in [3.8, 4) is 0 Å². The van der Waals surface area contributed by atoms with E-state index >= 15 is 0 Å². The monoisotopic (exact) mass is 263 g/mol. The zero-order chi connectivity index (χ0) is 14.3. The molecule has 0 saturated carbocycles. The summed E-state index contributed by atoms with van der Waals surface area (Å²) in [7, 11) is 0. The van der Waals surface area contributed by atoms with Gasteiger partial charge >= 0.3 is 0 Å². The SMILES string of the molecule is CCC(CC)C(O)CNC(=O)Cc1ccc(C)cc1. The number of hydrogen-bond acceptors (Lipinski definition) is 2. The molecule has 3 heteroatoms. The Kier molecular flexibility index (Phi) is 6.57. The Bertz CT molecular complexity index is 382. The highest BCUT2D eigenvalue weighted by Crippen LogP contribution is 2.12. The van der Waals surface area contributed by atoms with E-state index in [1.165, 1.54) is 5.56 Å². The maximum atomic E-state index is 11.8. The normalized spacial score (nSPS) is 12.5. The molecule has 2 N–H and O–H groups in total. The van der Waals surface area contributed by atoms with Crippen LogP contribution in [0.5, 0.6) is 0 Å². The third-order valence-electron chi connectivity index (χ3n) is 3.59. The molecule has 106 valence electrons. The molecule has 1 atom stereocenters. The predicted octanol–water partition coefficient (Wildman–Crippen LogP) is 2.45. The number of nitrogens with one attached hydrogen (secondary N) is 1. The van der Waals surface area contributed by atoms with Crippen molar-refractivity contribution >= 4 is 5.91 Å². The van der Waals surface area contributed by atoms with Crippen molar-refractivity contribution < 1.29 is 9.90 Å². The molecule has 0 bridgehead atoms. The quantitative estimate of drug-likeness (QED) is 0.794. The lowest BCUT2D eigenvalue weighted by Gasteiger charge is -2.20. The Morgan fingerprint density at radius 3 is 2.32 bits per heavy atom. The molecule has 1 amide bonds. The summed E-state index contributed by atoms with van der Waals surface area (Å²) in [6, 6.07) is 7.93. The van der Waals surface area contributed by atoms with Gasteiger partial charge in [-0.3, -0.25) is 4.79 Å². The van der Waals surface area contributed by atoms with Crippen LogP contribution < -0.4 is 5.32 Å². The van der Waals surface area contributed by atoms with Crippen molar-refractivity contribution in [2.75, 3.05) is 6.54 Å². The molecule has 1 aromatic rings. The fourth-order valence-corrected chi connectivity index (χ4v) is 2.17. The second-order valence-electron chi connectivity index (χ2n) is 5.11. The molecular weight excluding hydrogens is 238 g/mol. The molecule has 19 heavy (non-hydrogen) atoms. The first kappa shape index (κ1) is 15.7. The summed E-state index contributed by atoms with van der Waals surface area (Å²) in [5, 5.41) is 12.8. The van der Waals surface area contributed by atoms with E-state index in [0.717, 1.165) is 18.4 Å². The number of carbonyl (C=O) groups is 1. The Morgan fingerprint density at radius 2 is 1.79 bits per heavy atom. The highest BCUT2D eigenvalue weighted by atomic mass is 16.3. The van der Waals surface area contributed by atoms with Gasteiger partial charge in [0.2, 0.25) is 5.91 Å². The highest BCUT2D eigenvalue weighted by Gasteiger charge is 2.16. The second-order valence-corrected chi connectivity index (χ2v) is 5.11. The number of rotatable bonds is 7. The predicted molar refractivity (Wildman–Crippen MR) is 78.0 cm³/mol. The molecule has 1 aromatic carbocycles. The summed E-state index contributed by atoms with van der Waals surface area (Å²) in [5.74, 6) is 0.230. The van der Waals surface area contributed by atoms with Crippen LogP contribution in [0.25, 0.3) is 0 Å². The first-order valence-corrected chi connectivity index (χ1v) is 7.07. The molecule has 0 heterocycles. The van der Waals surface area contributed by atoms with Crippen molar-refractivity contribution in [2.24, 2.45) is 5.92 Å². The Labute approximate surface area is 116 Å². The number of aliphatic hydroxyl groups is 1. The van der Waals surface area contributed by atoms with E-state index in [1.54, 1.807) is 0 Å². The van der Waals surface area contributed by atoms with Crippen LogP contribution in [0.1, 0.15) is 37.8 Å². The van der Waals surface area contributed by atoms with Crippen LogP contribution in [-0.2, 0) is 11.2 Å². The van der Waals surface area contributed by atoms with Gasteiger partial charge in [0.25, 0.3) is 0 Å². The van der Waals surface area contributed by atoms with E-state index in [0.29, 0.717) is 13.0 Å². The van der Waals surface area contributed by atoms with Crippen molar-refractivity contribution in [3.63, 3.8) is 0 Å². The van der Waals surface area contributed by atoms with Gasteiger partial charge in [-0.25, -0.2) is 0 Å². The molecule has 1 rings (SSSR count). The third-order valence-corrected chi connectivity index (χ3v) is 3.59. The van der Waals surface area contributed by atoms with Crippen molar-refractivity contribution in [1.82, 2.24) is 5.32 Å². The Balaban J connectivity index is 2.37. The summed E-state index contributed by atoms with van der Waals surface area (Å²) in [5.41, 5.74) is 2.19. The first-order chi connectivity index (χ1) is 9.06. The van der Waals surface area contributed by atoms with Crippen molar-refractivity contribution in [2.45, 2.75) is 46.1 Å². The summed E-state index contributed by atoms with van der Waals surface area (Å²) in [6.45, 7) is 6.49. The van der Waals surface area contributed by atoms with Gasteiger partial charge in [-0.05, 0) is 18.4 Å². The summed E-state index contributed by atoms with van der Waals surface area (Å²) >= 11 is 0. The lowest BCUT2D eigenvalue weighted by Crippen LogP contribution is -2.36. The molecule has 0 aliphatic carbocycles. The highest BCUT2D eigenvalue weighted by molar-refractivity contribution is 5.78. The first-order valence-electron chi connectivity index (χ1n) is 7.07. The lowest BCUT2D eigenvalue weighted by molar-refractivity contribution is -0.121. The van der Waals surface area contributed by atoms with Crippen LogP contribution in [0, 0.1) is 12.8 Å². The molecule has 0 saturated heterocycles. The largest absolute Gasteiger partial charge is 0.391 e. The standard InChI is InChI=1S/C16H25NO2/c1-4-14(5-2)15(18)11-17-16(19)10-13-8-6-12(3)7-9-13/h6-9,14-15,18H,4-5,10-11H2,1-3H3,(H,17,19). The minimum absolute atomic E-state index is 0.0335. The molecule has 0 radical (unpaired) electrons. The summed E-state index contributed by atoms with van der Waals surface area (Å²) in [4.78, 5) is 11.8. The molecule has 0 aliphatic heterocycles. The van der Waals surface area contributed by atoms with Crippen LogP contribution in [0.2, 0.25) is 0 Å². The lowest BCUT2D eigenvalue weighted by atomic mass is 9.96. The number of aliphatic hydroxyl groups excluding tert-OH is 1. The summed E-state index contributed by atoms with van der Waals surface area (Å²) < 4.78 is 0. The van der Waals surface area contributed by atoms with E-state index < -0.39 is 6.10 Å². The molecule has 0 aliphatic rings. The minimum atomic E-state index is -0.447. The second kappa shape index (κ2) is 7.95. The number of aryl methyl sites for hydroxylation is 1. The van der Waals surface area contributed by atoms with E-state index in [9.17, 15) is 9.90 Å². The fourth-order valence-electron chi connectivity index (χ4n) is 2.17. The maximum absolute atomic E-state index is 11.8. The number of carbonyl (C=O) groups excluding carboxylic acids is 1. The van der Waals surface area contributed by atoms with Gasteiger partial charge < -0.3 is 10.4 Å². The van der Waals surface area contributed by atoms with Crippen molar-refractivity contribution in [1.29, 1.82) is 0 Å². The van der Waals surface area contributed by atoms with Gasteiger partial charge in [-0.1, -0.05) is 56.5 Å². The maximum Gasteiger partial charge on any atom is 0.224 e. The molecular formula is C16H25NO2. The number of amides is 1. The third kappa shape index (κ3) is 5.43. The van der Waals surface area contributed by atoms with E-state index in [2.05, 4.69) is 19.2 Å². The average molecular weight is 263 g/mol. The van der Waals surface area contributed by atoms with E-state index in [1.807, 2.05) is 31.2 Å². The minimum Gasteiger partial charge on any atom is -0.391 e. The van der Waals surface area contributed by atoms with Crippen LogP contribution in [0.15, 0.2) is 24.3 Å². The van der Waals surface area contributed by atoms with Crippen molar-refractivity contribution in [3.05, 3.63) is 35.4 Å². The smallest absolute Gasteiger partial charge is 0.224 e. The van der Waals surface area contributed by atoms with Gasteiger partial charge in [0, 0.05) is 6.54 Å². The van der Waals surface area contributed by atoms with Gasteiger partial charge in [0.05, 0.1) is 12.5 Å². The van der Waals surface area contributed by atoms with Gasteiger partial charge in [-0.15, -0.1) is 0 Å². The van der Waals surface area contributed by atoms with Gasteiger partial charge in [0.1, 0.15) is 0 Å². The zero-order valence-electron chi connectivity index (χ0n) is 12.1. The molecule has 0 fully saturated rings. The van der Waals surface area contributed by atoms with E-state index in [-0.39, 0.29) is 11.8 Å². The summed E-state index contributed by atoms with van der Waals surface area (Å²) in [6.07, 6.45) is 1.80. The van der Waals surface area contributed by atoms with Crippen LogP contribution in [0.4, 0.5) is 0 Å². The van der Waals surface area contributed by atoms with Gasteiger partial charge in [-0.2, -0.15) is 0 Å². The number of hydrogen-bond donors (Lipinski definition) is 2. The average Bonchev–Trinajstić information content (AvgIpc) is 2.40. The van der Waals surface area contributed by atoms with Crippen LogP contribution in [-0.4, -0.2) is 23.7 Å². The topological polar surface area (TPSA) is 49.3 Å². The Hall–Kier alpha value is -1.35. The molecule has 1 unspecified atom stereocenters. The fraction of sp³-hybridized carbons (Fsp3) is 0.562.